The van der Waals surface area contributed by atoms with Crippen LogP contribution in [0.15, 0.2) is 72.0 Å². The minimum absolute atomic E-state index is 0.0485. The molecule has 0 aliphatic carbocycles. The molecule has 1 aliphatic heterocycles. The van der Waals surface area contributed by atoms with Gasteiger partial charge in [-0.15, -0.1) is 0 Å². The summed E-state index contributed by atoms with van der Waals surface area (Å²) < 4.78 is 44.5. The van der Waals surface area contributed by atoms with Crippen LogP contribution in [0.3, 0.4) is 0 Å². The number of benzene rings is 2. The summed E-state index contributed by atoms with van der Waals surface area (Å²) in [6.07, 6.45) is -3.54. The molecule has 0 saturated carbocycles. The molecule has 2 aromatic carbocycles. The lowest BCUT2D eigenvalue weighted by atomic mass is 9.96. The number of hydrazone groups is 1. The maximum atomic E-state index is 12.8. The molecule has 0 bridgehead atoms. The van der Waals surface area contributed by atoms with Crippen molar-refractivity contribution in [2.75, 3.05) is 5.43 Å². The Labute approximate surface area is 170 Å². The molecule has 1 atom stereocenters. The van der Waals surface area contributed by atoms with Gasteiger partial charge in [-0.05, 0) is 23.8 Å². The van der Waals surface area contributed by atoms with Gasteiger partial charge in [0.15, 0.2) is 5.82 Å². The number of alkyl halides is 3. The van der Waals surface area contributed by atoms with Crippen molar-refractivity contribution in [3.05, 3.63) is 88.6 Å². The Balaban J connectivity index is 1.63. The minimum Gasteiger partial charge on any atom is -0.485 e. The second-order valence-electron chi connectivity index (χ2n) is 6.44. The Kier molecular flexibility index (Phi) is 5.15. The summed E-state index contributed by atoms with van der Waals surface area (Å²) in [6, 6.07) is 18.0. The predicted molar refractivity (Wildman–Crippen MR) is 105 cm³/mol. The normalized spacial score (nSPS) is 17.5. The largest absolute Gasteiger partial charge is 0.485 e. The van der Waals surface area contributed by atoms with Crippen molar-refractivity contribution < 1.29 is 17.9 Å². The van der Waals surface area contributed by atoms with Crippen molar-refractivity contribution in [2.45, 2.75) is 18.7 Å². The van der Waals surface area contributed by atoms with E-state index < -0.39 is 11.7 Å². The van der Waals surface area contributed by atoms with E-state index in [-0.39, 0.29) is 16.9 Å². The third kappa shape index (κ3) is 4.19. The van der Waals surface area contributed by atoms with Gasteiger partial charge in [0, 0.05) is 18.2 Å². The fourth-order valence-electron chi connectivity index (χ4n) is 3.04. The lowest BCUT2D eigenvalue weighted by molar-refractivity contribution is -0.137. The summed E-state index contributed by atoms with van der Waals surface area (Å²) in [5.74, 6) is 0.729. The maximum Gasteiger partial charge on any atom is 0.417 e. The SMILES string of the molecule is FC(F)(F)c1cnc(N/N=C2/CC(c3ccccc3)Oc3ccccc32)c(Cl)c1. The molecule has 4 nitrogen and oxygen atoms in total. The van der Waals surface area contributed by atoms with Crippen LogP contribution in [-0.2, 0) is 6.18 Å². The number of ether oxygens (including phenoxy) is 1. The molecule has 1 aromatic heterocycles. The van der Waals surface area contributed by atoms with Gasteiger partial charge in [-0.25, -0.2) is 4.98 Å². The molecule has 0 spiro atoms. The summed E-state index contributed by atoms with van der Waals surface area (Å²) in [5.41, 5.74) is 4.28. The second kappa shape index (κ2) is 7.75. The number of fused-ring (bicyclic) bond motifs is 1. The molecule has 0 amide bonds. The van der Waals surface area contributed by atoms with E-state index in [9.17, 15) is 13.2 Å². The van der Waals surface area contributed by atoms with Gasteiger partial charge in [0.1, 0.15) is 11.9 Å². The van der Waals surface area contributed by atoms with Gasteiger partial charge in [-0.2, -0.15) is 18.3 Å². The standard InChI is InChI=1S/C21H15ClF3N3O/c22-16-10-14(21(23,24)25)12-26-20(16)28-27-17-11-19(13-6-2-1-3-7-13)29-18-9-5-4-8-15(17)18/h1-10,12,19H,11H2,(H,26,28)/b27-17-. The Hall–Kier alpha value is -3.06. The molecule has 1 N–H and O–H groups in total. The number of aromatic nitrogens is 1. The highest BCUT2D eigenvalue weighted by Crippen LogP contribution is 2.36. The van der Waals surface area contributed by atoms with Crippen LogP contribution in [-0.4, -0.2) is 10.7 Å². The van der Waals surface area contributed by atoms with Crippen LogP contribution < -0.4 is 10.2 Å². The molecular formula is C21H15ClF3N3O. The number of para-hydroxylation sites is 1. The Morgan fingerprint density at radius 1 is 1.07 bits per heavy atom. The third-order valence-corrected chi connectivity index (χ3v) is 4.77. The zero-order chi connectivity index (χ0) is 20.4. The highest BCUT2D eigenvalue weighted by atomic mass is 35.5. The van der Waals surface area contributed by atoms with E-state index in [0.717, 1.165) is 23.4 Å². The van der Waals surface area contributed by atoms with Crippen LogP contribution in [0.2, 0.25) is 5.02 Å². The Morgan fingerprint density at radius 2 is 1.79 bits per heavy atom. The van der Waals surface area contributed by atoms with Crippen molar-refractivity contribution in [3.63, 3.8) is 0 Å². The van der Waals surface area contributed by atoms with Crippen LogP contribution in [0.1, 0.15) is 29.2 Å². The van der Waals surface area contributed by atoms with Crippen LogP contribution in [0.4, 0.5) is 19.0 Å². The topological polar surface area (TPSA) is 46.5 Å². The van der Waals surface area contributed by atoms with Crippen molar-refractivity contribution in [3.8, 4) is 5.75 Å². The molecule has 1 aliphatic rings. The number of nitrogens with zero attached hydrogens (tertiary/aromatic N) is 2. The summed E-state index contributed by atoms with van der Waals surface area (Å²) >= 11 is 5.96. The molecule has 29 heavy (non-hydrogen) atoms. The molecule has 0 saturated heterocycles. The molecule has 2 heterocycles. The maximum absolute atomic E-state index is 12.8. The van der Waals surface area contributed by atoms with E-state index >= 15 is 0 Å². The van der Waals surface area contributed by atoms with E-state index in [2.05, 4.69) is 15.5 Å². The van der Waals surface area contributed by atoms with E-state index in [1.165, 1.54) is 0 Å². The number of rotatable bonds is 3. The first-order chi connectivity index (χ1) is 13.9. The summed E-state index contributed by atoms with van der Waals surface area (Å²) in [6.45, 7) is 0. The first-order valence-electron chi connectivity index (χ1n) is 8.78. The van der Waals surface area contributed by atoms with Gasteiger partial charge in [0.25, 0.3) is 0 Å². The number of pyridine rings is 1. The lowest BCUT2D eigenvalue weighted by Crippen LogP contribution is -2.22. The first-order valence-corrected chi connectivity index (χ1v) is 9.16. The van der Waals surface area contributed by atoms with E-state index in [1.807, 2.05) is 54.6 Å². The monoisotopic (exact) mass is 417 g/mol. The third-order valence-electron chi connectivity index (χ3n) is 4.48. The van der Waals surface area contributed by atoms with Crippen LogP contribution in [0, 0.1) is 0 Å². The van der Waals surface area contributed by atoms with E-state index in [0.29, 0.717) is 17.9 Å². The highest BCUT2D eigenvalue weighted by Gasteiger charge is 2.31. The Bertz CT molecular complexity index is 1050. The van der Waals surface area contributed by atoms with Gasteiger partial charge < -0.3 is 4.74 Å². The quantitative estimate of drug-likeness (QED) is 0.524. The molecule has 1 unspecified atom stereocenters. The first kappa shape index (κ1) is 19.3. The highest BCUT2D eigenvalue weighted by molar-refractivity contribution is 6.33. The fourth-order valence-corrected chi connectivity index (χ4v) is 3.25. The average molecular weight is 418 g/mol. The fraction of sp³-hybridized carbons (Fsp3) is 0.143. The Morgan fingerprint density at radius 3 is 2.52 bits per heavy atom. The van der Waals surface area contributed by atoms with Crippen molar-refractivity contribution in [1.29, 1.82) is 0 Å². The average Bonchev–Trinajstić information content (AvgIpc) is 2.72. The van der Waals surface area contributed by atoms with Gasteiger partial charge in [-0.1, -0.05) is 54.1 Å². The molecule has 4 rings (SSSR count). The molecule has 148 valence electrons. The molecular weight excluding hydrogens is 403 g/mol. The van der Waals surface area contributed by atoms with E-state index in [1.54, 1.807) is 0 Å². The van der Waals surface area contributed by atoms with E-state index in [4.69, 9.17) is 16.3 Å². The van der Waals surface area contributed by atoms with Crippen molar-refractivity contribution >= 4 is 23.1 Å². The lowest BCUT2D eigenvalue weighted by Gasteiger charge is -2.27. The zero-order valence-corrected chi connectivity index (χ0v) is 15.7. The van der Waals surface area contributed by atoms with Crippen LogP contribution in [0.25, 0.3) is 0 Å². The van der Waals surface area contributed by atoms with Gasteiger partial charge in [0.2, 0.25) is 0 Å². The second-order valence-corrected chi connectivity index (χ2v) is 6.85. The summed E-state index contributed by atoms with van der Waals surface area (Å²) in [4.78, 5) is 3.76. The number of hydrogen-bond donors (Lipinski definition) is 1. The summed E-state index contributed by atoms with van der Waals surface area (Å²) in [7, 11) is 0. The van der Waals surface area contributed by atoms with Crippen LogP contribution >= 0.6 is 11.6 Å². The molecule has 0 fully saturated rings. The van der Waals surface area contributed by atoms with Crippen LogP contribution in [0.5, 0.6) is 5.75 Å². The molecule has 0 radical (unpaired) electrons. The van der Waals surface area contributed by atoms with Crippen molar-refractivity contribution in [1.82, 2.24) is 4.98 Å². The smallest absolute Gasteiger partial charge is 0.417 e. The number of anilines is 1. The predicted octanol–water partition coefficient (Wildman–Crippen LogP) is 6.09. The zero-order valence-electron chi connectivity index (χ0n) is 14.9. The molecule has 8 heteroatoms. The number of halogens is 4. The van der Waals surface area contributed by atoms with Crippen molar-refractivity contribution in [2.24, 2.45) is 5.10 Å². The van der Waals surface area contributed by atoms with Gasteiger partial charge >= 0.3 is 6.18 Å². The molecule has 3 aromatic rings. The number of nitrogens with one attached hydrogen (secondary N) is 1. The van der Waals surface area contributed by atoms with Gasteiger partial charge in [-0.3, -0.25) is 5.43 Å². The number of hydrogen-bond acceptors (Lipinski definition) is 4. The minimum atomic E-state index is -4.51. The summed E-state index contributed by atoms with van der Waals surface area (Å²) in [5, 5.41) is 4.22. The van der Waals surface area contributed by atoms with Gasteiger partial charge in [0.05, 0.1) is 16.3 Å².